The van der Waals surface area contributed by atoms with Gasteiger partial charge in [-0.25, -0.2) is 9.97 Å². The molecule has 0 unspecified atom stereocenters. The van der Waals surface area contributed by atoms with Crippen LogP contribution in [0.1, 0.15) is 52.6 Å². The Labute approximate surface area is 281 Å². The number of carbonyl (C=O) groups excluding carboxylic acids is 2. The number of anilines is 4. The first-order valence-corrected chi connectivity index (χ1v) is 16.1. The molecule has 0 spiro atoms. The molecule has 3 heterocycles. The Morgan fingerprint density at radius 2 is 1.75 bits per heavy atom. The lowest BCUT2D eigenvalue weighted by molar-refractivity contribution is 0.0664. The average molecular weight is 643 g/mol. The summed E-state index contributed by atoms with van der Waals surface area (Å²) in [7, 11) is 2.07. The van der Waals surface area contributed by atoms with E-state index in [4.69, 9.17) is 10.7 Å². The van der Waals surface area contributed by atoms with E-state index in [0.717, 1.165) is 48.6 Å². The lowest BCUT2D eigenvalue weighted by Crippen LogP contribution is -2.47. The lowest BCUT2D eigenvalue weighted by Gasteiger charge is -2.32. The summed E-state index contributed by atoms with van der Waals surface area (Å²) >= 11 is 0. The van der Waals surface area contributed by atoms with E-state index in [1.165, 1.54) is 11.1 Å². The summed E-state index contributed by atoms with van der Waals surface area (Å²) in [6.45, 7) is 15.4. The maximum Gasteiger partial charge on any atom is 0.264 e. The number of piperazine rings is 1. The van der Waals surface area contributed by atoms with Crippen LogP contribution in [0.5, 0.6) is 0 Å². The molecule has 0 bridgehead atoms. The Kier molecular flexibility index (Phi) is 8.77. The predicted molar refractivity (Wildman–Crippen MR) is 193 cm³/mol. The minimum absolute atomic E-state index is 0.0393. The number of hydrogen-bond donors (Lipinski definition) is 2. The molecule has 1 aliphatic rings. The Bertz CT molecular complexity index is 2000. The molecule has 3 aromatic carbocycles. The van der Waals surface area contributed by atoms with Crippen molar-refractivity contribution in [1.82, 2.24) is 24.2 Å². The van der Waals surface area contributed by atoms with E-state index in [1.54, 1.807) is 12.3 Å². The molecule has 1 aliphatic heterocycles. The molecule has 1 saturated heterocycles. The fourth-order valence-corrected chi connectivity index (χ4v) is 5.98. The number of nitrogens with zero attached hydrogens (tertiary/aromatic N) is 6. The van der Waals surface area contributed by atoms with Crippen molar-refractivity contribution >= 4 is 40.3 Å². The van der Waals surface area contributed by atoms with Crippen molar-refractivity contribution in [3.05, 3.63) is 114 Å². The minimum atomic E-state index is -0.266. The molecule has 0 atom stereocenters. The molecule has 48 heavy (non-hydrogen) atoms. The van der Waals surface area contributed by atoms with Crippen LogP contribution >= 0.6 is 0 Å². The quantitative estimate of drug-likeness (QED) is 0.195. The number of likely N-dealkylation sites (N-methyl/N-ethyl adjacent to an activating group) is 1. The SMILES string of the molecule is C=CN(C(=O)c1ccc(C(C)(C)C)cc1N)c1cccc(-c2cn3ccnc3c(Nc3ccc(C(=O)N4CCN(C)CC4)cc3)n2)c1C. The summed E-state index contributed by atoms with van der Waals surface area (Å²) in [5.74, 6) is 0.333. The lowest BCUT2D eigenvalue weighted by atomic mass is 9.86. The van der Waals surface area contributed by atoms with E-state index < -0.39 is 0 Å². The van der Waals surface area contributed by atoms with Crippen molar-refractivity contribution in [3.63, 3.8) is 0 Å². The fraction of sp³-hybridized carbons (Fsp3) is 0.263. The van der Waals surface area contributed by atoms with Crippen molar-refractivity contribution < 1.29 is 9.59 Å². The van der Waals surface area contributed by atoms with Gasteiger partial charge in [-0.15, -0.1) is 0 Å². The number of aromatic nitrogens is 3. The van der Waals surface area contributed by atoms with E-state index >= 15 is 0 Å². The Balaban J connectivity index is 1.29. The van der Waals surface area contributed by atoms with Gasteiger partial charge in [0.25, 0.3) is 11.8 Å². The van der Waals surface area contributed by atoms with Gasteiger partial charge >= 0.3 is 0 Å². The molecule has 2 amide bonds. The third kappa shape index (κ3) is 6.39. The zero-order valence-corrected chi connectivity index (χ0v) is 28.2. The average Bonchev–Trinajstić information content (AvgIpc) is 3.55. The Morgan fingerprint density at radius 1 is 1.02 bits per heavy atom. The highest BCUT2D eigenvalue weighted by Crippen LogP contribution is 2.34. The number of imidazole rings is 1. The second-order valence-corrected chi connectivity index (χ2v) is 13.3. The molecule has 6 rings (SSSR count). The Morgan fingerprint density at radius 3 is 2.42 bits per heavy atom. The minimum Gasteiger partial charge on any atom is -0.398 e. The van der Waals surface area contributed by atoms with Gasteiger partial charge in [0.2, 0.25) is 0 Å². The number of carbonyl (C=O) groups is 2. The third-order valence-corrected chi connectivity index (χ3v) is 8.95. The van der Waals surface area contributed by atoms with Gasteiger partial charge in [0.05, 0.1) is 16.9 Å². The van der Waals surface area contributed by atoms with Gasteiger partial charge in [-0.3, -0.25) is 14.5 Å². The van der Waals surface area contributed by atoms with Crippen LogP contribution in [-0.2, 0) is 5.41 Å². The highest BCUT2D eigenvalue weighted by Gasteiger charge is 2.24. The Hall–Kier alpha value is -5.48. The highest BCUT2D eigenvalue weighted by molar-refractivity contribution is 6.11. The summed E-state index contributed by atoms with van der Waals surface area (Å²) in [6, 6.07) is 18.8. The zero-order valence-electron chi connectivity index (χ0n) is 28.2. The van der Waals surface area contributed by atoms with Crippen molar-refractivity contribution in [2.75, 3.05) is 49.2 Å². The van der Waals surface area contributed by atoms with Gasteiger partial charge in [-0.05, 0) is 73.0 Å². The van der Waals surface area contributed by atoms with E-state index in [2.05, 4.69) is 49.6 Å². The number of nitrogens with one attached hydrogen (secondary N) is 1. The molecule has 10 nitrogen and oxygen atoms in total. The molecule has 3 N–H and O–H groups in total. The number of nitrogens with two attached hydrogens (primary N) is 1. The van der Waals surface area contributed by atoms with Crippen LogP contribution in [0.25, 0.3) is 16.9 Å². The highest BCUT2D eigenvalue weighted by atomic mass is 16.2. The molecular formula is C38H42N8O2. The second kappa shape index (κ2) is 13.0. The summed E-state index contributed by atoms with van der Waals surface area (Å²) < 4.78 is 1.91. The number of amides is 2. The largest absolute Gasteiger partial charge is 0.398 e. The van der Waals surface area contributed by atoms with Crippen LogP contribution in [0.15, 0.2) is 92.0 Å². The maximum absolute atomic E-state index is 13.8. The topological polar surface area (TPSA) is 112 Å². The number of benzene rings is 3. The summed E-state index contributed by atoms with van der Waals surface area (Å²) in [5, 5.41) is 3.40. The molecule has 5 aromatic rings. The van der Waals surface area contributed by atoms with Crippen LogP contribution in [0.3, 0.4) is 0 Å². The van der Waals surface area contributed by atoms with Crippen LogP contribution in [-0.4, -0.2) is 69.2 Å². The number of fused-ring (bicyclic) bond motifs is 1. The van der Waals surface area contributed by atoms with Gasteiger partial charge < -0.3 is 25.3 Å². The van der Waals surface area contributed by atoms with Gasteiger partial charge in [0.15, 0.2) is 11.5 Å². The molecule has 0 aliphatic carbocycles. The van der Waals surface area contributed by atoms with Crippen molar-refractivity contribution in [1.29, 1.82) is 0 Å². The standard InChI is InChI=1S/C38H42N8O2/c1-7-46(37(48)30-16-13-27(23-31(30)39)38(3,4)5)33-10-8-9-29(25(33)2)32-24-45-18-17-40-35(45)34(42-32)41-28-14-11-26(12-15-28)36(47)44-21-19-43(6)20-22-44/h7-18,23-24H,1,19-22,39H2,2-6H3,(H,41,42). The van der Waals surface area contributed by atoms with Gasteiger partial charge in [-0.2, -0.15) is 0 Å². The smallest absolute Gasteiger partial charge is 0.264 e. The maximum atomic E-state index is 13.8. The van der Waals surface area contributed by atoms with Gasteiger partial charge in [0, 0.05) is 73.5 Å². The summed E-state index contributed by atoms with van der Waals surface area (Å²) in [4.78, 5) is 42.1. The van der Waals surface area contributed by atoms with Gasteiger partial charge in [0.1, 0.15) is 0 Å². The van der Waals surface area contributed by atoms with Crippen LogP contribution in [0.4, 0.5) is 22.9 Å². The van der Waals surface area contributed by atoms with Crippen molar-refractivity contribution in [2.45, 2.75) is 33.1 Å². The normalized spacial score (nSPS) is 13.8. The van der Waals surface area contributed by atoms with Crippen LogP contribution in [0, 0.1) is 6.92 Å². The van der Waals surface area contributed by atoms with E-state index in [1.807, 2.05) is 83.2 Å². The van der Waals surface area contributed by atoms with Crippen LogP contribution < -0.4 is 16.0 Å². The van der Waals surface area contributed by atoms with Gasteiger partial charge in [-0.1, -0.05) is 45.5 Å². The number of hydrogen-bond acceptors (Lipinski definition) is 7. The van der Waals surface area contributed by atoms with E-state index in [-0.39, 0.29) is 17.2 Å². The molecule has 1 fully saturated rings. The molecular weight excluding hydrogens is 600 g/mol. The third-order valence-electron chi connectivity index (χ3n) is 8.95. The molecule has 246 valence electrons. The fourth-order valence-electron chi connectivity index (χ4n) is 5.98. The number of nitrogen functional groups attached to an aromatic ring is 1. The van der Waals surface area contributed by atoms with Crippen LogP contribution in [0.2, 0.25) is 0 Å². The first kappa shape index (κ1) is 32.5. The molecule has 0 radical (unpaired) electrons. The second-order valence-electron chi connectivity index (χ2n) is 13.3. The molecule has 0 saturated carbocycles. The van der Waals surface area contributed by atoms with Crippen molar-refractivity contribution in [3.8, 4) is 11.3 Å². The monoisotopic (exact) mass is 642 g/mol. The number of rotatable bonds is 7. The summed E-state index contributed by atoms with van der Waals surface area (Å²) in [5.41, 5.74) is 13.3. The predicted octanol–water partition coefficient (Wildman–Crippen LogP) is 6.51. The molecule has 10 heteroatoms. The summed E-state index contributed by atoms with van der Waals surface area (Å²) in [6.07, 6.45) is 7.02. The zero-order chi connectivity index (χ0) is 34.2. The first-order chi connectivity index (χ1) is 22.9. The van der Waals surface area contributed by atoms with E-state index in [0.29, 0.717) is 39.7 Å². The first-order valence-electron chi connectivity index (χ1n) is 16.1. The molecule has 2 aromatic heterocycles. The van der Waals surface area contributed by atoms with Crippen molar-refractivity contribution in [2.24, 2.45) is 0 Å². The van der Waals surface area contributed by atoms with E-state index in [9.17, 15) is 9.59 Å².